The standard InChI is InChI=1S/C24H24ClFN2O6/c1-24(13-29,23(31)32)12-17(27-22(30)20-11-21(33-2)28-34-20)9-14-3-5-15(6-4-14)18-10-16(25)7-8-19(18)26/h3-8,10-11,17,29H,9,12-13H2,1-2H3,(H,27,30)(H,31,32)/t17-,24+/m1/s1. The van der Waals surface area contributed by atoms with Gasteiger partial charge in [-0.3, -0.25) is 9.59 Å². The number of carbonyl (C=O) groups is 2. The van der Waals surface area contributed by atoms with Crippen molar-refractivity contribution in [2.45, 2.75) is 25.8 Å². The maximum atomic E-state index is 14.2. The van der Waals surface area contributed by atoms with E-state index in [1.165, 1.54) is 38.3 Å². The molecule has 0 radical (unpaired) electrons. The lowest BCUT2D eigenvalue weighted by Crippen LogP contribution is -2.44. The Morgan fingerprint density at radius 2 is 1.94 bits per heavy atom. The van der Waals surface area contributed by atoms with Crippen molar-refractivity contribution in [2.24, 2.45) is 5.41 Å². The molecule has 0 aliphatic rings. The maximum absolute atomic E-state index is 14.2. The Bertz CT molecular complexity index is 1170. The number of halogens is 2. The van der Waals surface area contributed by atoms with Crippen molar-refractivity contribution in [3.8, 4) is 17.0 Å². The summed E-state index contributed by atoms with van der Waals surface area (Å²) in [4.78, 5) is 24.4. The van der Waals surface area contributed by atoms with Gasteiger partial charge in [-0.15, -0.1) is 0 Å². The number of aliphatic carboxylic acids is 1. The quantitative estimate of drug-likeness (QED) is 0.393. The lowest BCUT2D eigenvalue weighted by molar-refractivity contribution is -0.151. The van der Waals surface area contributed by atoms with Gasteiger partial charge in [0.25, 0.3) is 11.8 Å². The number of methoxy groups -OCH3 is 1. The second kappa shape index (κ2) is 10.7. The van der Waals surface area contributed by atoms with Crippen LogP contribution in [0.15, 0.2) is 53.1 Å². The Kier molecular flexibility index (Phi) is 7.90. The molecule has 0 bridgehead atoms. The molecule has 0 aliphatic carbocycles. The summed E-state index contributed by atoms with van der Waals surface area (Å²) in [6.45, 7) is 0.787. The number of ether oxygens (including phenoxy) is 1. The molecule has 3 rings (SSSR count). The van der Waals surface area contributed by atoms with Gasteiger partial charge in [0.1, 0.15) is 5.82 Å². The predicted molar refractivity (Wildman–Crippen MR) is 122 cm³/mol. The minimum Gasteiger partial charge on any atom is -0.481 e. The fourth-order valence-electron chi connectivity index (χ4n) is 3.48. The molecule has 10 heteroatoms. The molecule has 1 aromatic heterocycles. The number of carboxylic acid groups (broad SMARTS) is 1. The molecule has 0 spiro atoms. The highest BCUT2D eigenvalue weighted by Crippen LogP contribution is 2.28. The first-order valence-corrected chi connectivity index (χ1v) is 10.7. The van der Waals surface area contributed by atoms with Crippen LogP contribution in [0, 0.1) is 11.2 Å². The largest absolute Gasteiger partial charge is 0.481 e. The van der Waals surface area contributed by atoms with Gasteiger partial charge in [0, 0.05) is 16.6 Å². The third kappa shape index (κ3) is 5.92. The van der Waals surface area contributed by atoms with E-state index in [2.05, 4.69) is 10.5 Å². The van der Waals surface area contributed by atoms with Gasteiger partial charge >= 0.3 is 5.97 Å². The maximum Gasteiger partial charge on any atom is 0.311 e. The average molecular weight is 491 g/mol. The van der Waals surface area contributed by atoms with E-state index in [-0.39, 0.29) is 24.5 Å². The number of carbonyl (C=O) groups excluding carboxylic acids is 1. The highest BCUT2D eigenvalue weighted by atomic mass is 35.5. The minimum atomic E-state index is -1.49. The summed E-state index contributed by atoms with van der Waals surface area (Å²) in [6, 6.07) is 11.9. The Balaban J connectivity index is 1.83. The van der Waals surface area contributed by atoms with Gasteiger partial charge in [0.15, 0.2) is 0 Å². The van der Waals surface area contributed by atoms with Crippen LogP contribution in [0.1, 0.15) is 29.5 Å². The summed E-state index contributed by atoms with van der Waals surface area (Å²) in [5.74, 6) is -2.19. The predicted octanol–water partition coefficient (Wildman–Crippen LogP) is 3.96. The average Bonchev–Trinajstić information content (AvgIpc) is 3.30. The highest BCUT2D eigenvalue weighted by Gasteiger charge is 2.36. The summed E-state index contributed by atoms with van der Waals surface area (Å²) >= 11 is 5.98. The van der Waals surface area contributed by atoms with Crippen molar-refractivity contribution in [1.29, 1.82) is 0 Å². The van der Waals surface area contributed by atoms with Crippen molar-refractivity contribution < 1.29 is 33.5 Å². The zero-order chi connectivity index (χ0) is 24.9. The van der Waals surface area contributed by atoms with Crippen LogP contribution in [0.3, 0.4) is 0 Å². The van der Waals surface area contributed by atoms with Gasteiger partial charge in [-0.1, -0.05) is 35.9 Å². The topological polar surface area (TPSA) is 122 Å². The van der Waals surface area contributed by atoms with Crippen molar-refractivity contribution >= 4 is 23.5 Å². The Morgan fingerprint density at radius 1 is 1.24 bits per heavy atom. The van der Waals surface area contributed by atoms with Gasteiger partial charge in [-0.05, 0) is 54.2 Å². The van der Waals surface area contributed by atoms with E-state index in [0.717, 1.165) is 5.56 Å². The molecule has 1 heterocycles. The van der Waals surface area contributed by atoms with Crippen molar-refractivity contribution in [1.82, 2.24) is 10.5 Å². The first-order chi connectivity index (χ1) is 16.1. The number of benzene rings is 2. The van der Waals surface area contributed by atoms with Crippen molar-refractivity contribution in [3.05, 3.63) is 70.7 Å². The smallest absolute Gasteiger partial charge is 0.311 e. The molecule has 3 N–H and O–H groups in total. The van der Waals surface area contributed by atoms with E-state index in [0.29, 0.717) is 16.1 Å². The first kappa shape index (κ1) is 25.2. The molecule has 2 aromatic carbocycles. The van der Waals surface area contributed by atoms with E-state index in [1.54, 1.807) is 24.3 Å². The number of aliphatic hydroxyl groups excluding tert-OH is 1. The minimum absolute atomic E-state index is 0.0550. The van der Waals surface area contributed by atoms with Crippen LogP contribution < -0.4 is 10.1 Å². The number of aliphatic hydroxyl groups is 1. The van der Waals surface area contributed by atoms with E-state index in [9.17, 15) is 24.2 Å². The second-order valence-corrected chi connectivity index (χ2v) is 8.59. The van der Waals surface area contributed by atoms with Crippen molar-refractivity contribution in [3.63, 3.8) is 0 Å². The van der Waals surface area contributed by atoms with Crippen LogP contribution in [-0.4, -0.2) is 47.0 Å². The van der Waals surface area contributed by atoms with Crippen LogP contribution in [0.4, 0.5) is 4.39 Å². The molecule has 0 aliphatic heterocycles. The van der Waals surface area contributed by atoms with Gasteiger partial charge in [-0.2, -0.15) is 0 Å². The zero-order valence-corrected chi connectivity index (χ0v) is 19.3. The second-order valence-electron chi connectivity index (χ2n) is 8.16. The molecule has 3 aromatic rings. The number of hydrogen-bond donors (Lipinski definition) is 3. The van der Waals surface area contributed by atoms with E-state index in [1.807, 2.05) is 0 Å². The van der Waals surface area contributed by atoms with E-state index in [4.69, 9.17) is 20.9 Å². The van der Waals surface area contributed by atoms with Crippen LogP contribution in [-0.2, 0) is 11.2 Å². The monoisotopic (exact) mass is 490 g/mol. The Labute approximate surface area is 200 Å². The number of hydrogen-bond acceptors (Lipinski definition) is 6. The van der Waals surface area contributed by atoms with Crippen LogP contribution >= 0.6 is 11.6 Å². The van der Waals surface area contributed by atoms with Crippen LogP contribution in [0.25, 0.3) is 11.1 Å². The number of carboxylic acids is 1. The Morgan fingerprint density at radius 3 is 2.53 bits per heavy atom. The number of aromatic nitrogens is 1. The normalized spacial score (nSPS) is 13.7. The SMILES string of the molecule is COc1cc(C(=O)N[C@H](Cc2ccc(-c3cc(Cl)ccc3F)cc2)C[C@@](C)(CO)C(=O)O)on1. The van der Waals surface area contributed by atoms with Crippen molar-refractivity contribution in [2.75, 3.05) is 13.7 Å². The molecular weight excluding hydrogens is 467 g/mol. The highest BCUT2D eigenvalue weighted by molar-refractivity contribution is 6.30. The van der Waals surface area contributed by atoms with Gasteiger partial charge < -0.3 is 24.8 Å². The third-order valence-electron chi connectivity index (χ3n) is 5.49. The third-order valence-corrected chi connectivity index (χ3v) is 5.73. The molecule has 8 nitrogen and oxygen atoms in total. The number of amides is 1. The molecular formula is C24H24ClFN2O6. The molecule has 0 unspecified atom stereocenters. The molecule has 0 fully saturated rings. The summed E-state index contributed by atoms with van der Waals surface area (Å²) in [5, 5.41) is 26.0. The Hall–Kier alpha value is -3.43. The lowest BCUT2D eigenvalue weighted by Gasteiger charge is -2.28. The summed E-state index contributed by atoms with van der Waals surface area (Å²) in [5.41, 5.74) is 0.240. The summed E-state index contributed by atoms with van der Waals surface area (Å²) in [7, 11) is 1.38. The lowest BCUT2D eigenvalue weighted by atomic mass is 9.82. The number of nitrogens with one attached hydrogen (secondary N) is 1. The van der Waals surface area contributed by atoms with Gasteiger partial charge in [0.05, 0.1) is 25.2 Å². The van der Waals surface area contributed by atoms with Gasteiger partial charge in [0.2, 0.25) is 5.76 Å². The van der Waals surface area contributed by atoms with E-state index >= 15 is 0 Å². The summed E-state index contributed by atoms with van der Waals surface area (Å²) < 4.78 is 24.1. The zero-order valence-electron chi connectivity index (χ0n) is 18.5. The number of nitrogens with zero attached hydrogens (tertiary/aromatic N) is 1. The molecule has 1 amide bonds. The molecule has 2 atom stereocenters. The fourth-order valence-corrected chi connectivity index (χ4v) is 3.65. The fraction of sp³-hybridized carbons (Fsp3) is 0.292. The summed E-state index contributed by atoms with van der Waals surface area (Å²) in [6.07, 6.45) is 0.193. The van der Waals surface area contributed by atoms with Crippen LogP contribution in [0.2, 0.25) is 5.02 Å². The molecule has 0 saturated carbocycles. The molecule has 180 valence electrons. The molecule has 0 saturated heterocycles. The van der Waals surface area contributed by atoms with Crippen LogP contribution in [0.5, 0.6) is 5.88 Å². The number of rotatable bonds is 10. The molecule has 34 heavy (non-hydrogen) atoms. The first-order valence-electron chi connectivity index (χ1n) is 10.4. The van der Waals surface area contributed by atoms with E-state index < -0.39 is 35.8 Å². The van der Waals surface area contributed by atoms with Gasteiger partial charge in [-0.25, -0.2) is 4.39 Å².